The number of amides is 2. The van der Waals surface area contributed by atoms with Gasteiger partial charge in [-0.15, -0.1) is 0 Å². The van der Waals surface area contributed by atoms with Gasteiger partial charge in [-0.25, -0.2) is 0 Å². The Labute approximate surface area is 260 Å². The zero-order chi connectivity index (χ0) is 31.2. The number of carbonyl (C=O) groups excluding carboxylic acids is 2. The fourth-order valence-corrected chi connectivity index (χ4v) is 6.60. The molecule has 1 atom stereocenters. The second-order valence-electron chi connectivity index (χ2n) is 12.2. The molecular weight excluding hydrogens is 570 g/mol. The van der Waals surface area contributed by atoms with Crippen molar-refractivity contribution in [3.05, 3.63) is 99.0 Å². The first-order valence-electron chi connectivity index (χ1n) is 15.3. The Kier molecular flexibility index (Phi) is 7.47. The number of nitrogens with zero attached hydrogens (tertiary/aromatic N) is 3. The molecule has 1 fully saturated rings. The number of benzene rings is 3. The number of aliphatic imine (C=N–C) groups is 1. The van der Waals surface area contributed by atoms with Crippen LogP contribution in [-0.2, 0) is 6.42 Å². The molecule has 3 aromatic carbocycles. The molecule has 4 heterocycles. The summed E-state index contributed by atoms with van der Waals surface area (Å²) in [5.74, 6) is 0.210. The molecule has 0 radical (unpaired) electrons. The number of aliphatic hydroxyl groups is 1. The fraction of sp³-hybridized carbons (Fsp3) is 0.314. The van der Waals surface area contributed by atoms with E-state index in [0.29, 0.717) is 40.2 Å². The number of aromatic amines is 1. The normalized spacial score (nSPS) is 17.4. The van der Waals surface area contributed by atoms with Crippen molar-refractivity contribution < 1.29 is 19.4 Å². The maximum atomic E-state index is 13.4. The van der Waals surface area contributed by atoms with Crippen LogP contribution < -0.4 is 15.6 Å². The summed E-state index contributed by atoms with van der Waals surface area (Å²) >= 11 is 0. The van der Waals surface area contributed by atoms with Crippen LogP contribution in [0.25, 0.3) is 10.8 Å². The zero-order valence-corrected chi connectivity index (χ0v) is 25.3. The SMILES string of the molecule is Cc1ccc2ccccc2c1OCC(O)CNc1cc[nH]c(=O)c1C1=Nc2cc3c(cc2C1)C(=O)N(C1CCN(C)CC1)C3=O. The molecule has 0 saturated carbocycles. The van der Waals surface area contributed by atoms with Gasteiger partial charge in [-0.3, -0.25) is 24.3 Å². The van der Waals surface area contributed by atoms with Gasteiger partial charge < -0.3 is 25.0 Å². The molecule has 230 valence electrons. The number of imide groups is 1. The quantitative estimate of drug-likeness (QED) is 0.259. The van der Waals surface area contributed by atoms with Crippen molar-refractivity contribution in [1.29, 1.82) is 0 Å². The molecule has 1 aromatic heterocycles. The van der Waals surface area contributed by atoms with Gasteiger partial charge in [0.25, 0.3) is 17.4 Å². The van der Waals surface area contributed by atoms with Crippen LogP contribution in [0, 0.1) is 6.92 Å². The zero-order valence-electron chi connectivity index (χ0n) is 25.3. The fourth-order valence-electron chi connectivity index (χ4n) is 6.60. The number of nitrogens with one attached hydrogen (secondary N) is 2. The average Bonchev–Trinajstić information content (AvgIpc) is 3.56. The van der Waals surface area contributed by atoms with E-state index in [9.17, 15) is 19.5 Å². The van der Waals surface area contributed by atoms with Crippen LogP contribution >= 0.6 is 0 Å². The van der Waals surface area contributed by atoms with E-state index in [1.165, 1.54) is 4.90 Å². The van der Waals surface area contributed by atoms with Gasteiger partial charge in [0.1, 0.15) is 18.5 Å². The summed E-state index contributed by atoms with van der Waals surface area (Å²) in [5, 5.41) is 16.0. The van der Waals surface area contributed by atoms with Crippen molar-refractivity contribution in [2.24, 2.45) is 4.99 Å². The van der Waals surface area contributed by atoms with Crippen molar-refractivity contribution in [3.63, 3.8) is 0 Å². The number of aryl methyl sites for hydroxylation is 1. The minimum Gasteiger partial charge on any atom is -0.490 e. The molecule has 1 saturated heterocycles. The topological polar surface area (TPSA) is 127 Å². The molecule has 3 N–H and O–H groups in total. The first-order chi connectivity index (χ1) is 21.8. The molecule has 10 nitrogen and oxygen atoms in total. The number of aliphatic hydroxyl groups excluding tert-OH is 1. The summed E-state index contributed by atoms with van der Waals surface area (Å²) in [7, 11) is 2.04. The molecule has 1 unspecified atom stereocenters. The summed E-state index contributed by atoms with van der Waals surface area (Å²) in [6.45, 7) is 3.87. The van der Waals surface area contributed by atoms with E-state index in [1.807, 2.05) is 50.4 Å². The Morgan fingerprint density at radius 2 is 1.80 bits per heavy atom. The van der Waals surface area contributed by atoms with E-state index in [1.54, 1.807) is 24.4 Å². The maximum Gasteiger partial charge on any atom is 0.261 e. The number of H-pyrrole nitrogens is 1. The Bertz CT molecular complexity index is 1920. The highest BCUT2D eigenvalue weighted by atomic mass is 16.5. The number of hydrogen-bond donors (Lipinski definition) is 3. The first kappa shape index (κ1) is 28.9. The van der Waals surface area contributed by atoms with E-state index in [2.05, 4.69) is 15.2 Å². The summed E-state index contributed by atoms with van der Waals surface area (Å²) in [6.07, 6.45) is 2.56. The van der Waals surface area contributed by atoms with E-state index in [-0.39, 0.29) is 36.6 Å². The number of anilines is 1. The number of likely N-dealkylation sites (tertiary alicyclic amines) is 1. The molecule has 4 aromatic rings. The Morgan fingerprint density at radius 3 is 2.60 bits per heavy atom. The smallest absolute Gasteiger partial charge is 0.261 e. The number of pyridine rings is 1. The monoisotopic (exact) mass is 605 g/mol. The van der Waals surface area contributed by atoms with Crippen molar-refractivity contribution >= 4 is 39.7 Å². The highest BCUT2D eigenvalue weighted by Gasteiger charge is 2.42. The van der Waals surface area contributed by atoms with Gasteiger partial charge in [-0.1, -0.05) is 36.4 Å². The molecule has 3 aliphatic heterocycles. The lowest BCUT2D eigenvalue weighted by Gasteiger charge is -2.33. The lowest BCUT2D eigenvalue weighted by atomic mass is 10.00. The number of hydrogen-bond acceptors (Lipinski definition) is 8. The lowest BCUT2D eigenvalue weighted by Crippen LogP contribution is -2.46. The first-order valence-corrected chi connectivity index (χ1v) is 15.3. The molecular formula is C35H35N5O5. The van der Waals surface area contributed by atoms with E-state index in [4.69, 9.17) is 9.73 Å². The molecule has 45 heavy (non-hydrogen) atoms. The molecule has 2 amide bonds. The van der Waals surface area contributed by atoms with Crippen molar-refractivity contribution in [2.75, 3.05) is 38.6 Å². The number of ether oxygens (including phenoxy) is 1. The second kappa shape index (κ2) is 11.6. The second-order valence-corrected chi connectivity index (χ2v) is 12.2. The number of piperidine rings is 1. The molecule has 0 spiro atoms. The highest BCUT2D eigenvalue weighted by molar-refractivity contribution is 6.22. The predicted molar refractivity (Wildman–Crippen MR) is 173 cm³/mol. The standard InChI is InChI=1S/C35H35N5O5/c1-20-7-8-21-5-3-4-6-25(21)32(20)45-19-24(41)18-37-28-9-12-36-33(42)31(28)30-16-22-15-26-27(17-29(22)38-30)35(44)40(34(26)43)23-10-13-39(2)14-11-23/h3-9,12,15,17,23-24,41H,10-11,13-14,16,18-19H2,1-2H3,(H2,36,37,42). The van der Waals surface area contributed by atoms with Crippen molar-refractivity contribution in [3.8, 4) is 5.75 Å². The van der Waals surface area contributed by atoms with Gasteiger partial charge in [0, 0.05) is 30.6 Å². The summed E-state index contributed by atoms with van der Waals surface area (Å²) in [5.41, 5.74) is 4.22. The van der Waals surface area contributed by atoms with Gasteiger partial charge in [-0.2, -0.15) is 0 Å². The molecule has 0 bridgehead atoms. The Hall–Kier alpha value is -4.80. The molecule has 3 aliphatic rings. The van der Waals surface area contributed by atoms with Crippen molar-refractivity contribution in [2.45, 2.75) is 38.3 Å². The van der Waals surface area contributed by atoms with Crippen molar-refractivity contribution in [1.82, 2.24) is 14.8 Å². The van der Waals surface area contributed by atoms with Gasteiger partial charge >= 0.3 is 0 Å². The summed E-state index contributed by atoms with van der Waals surface area (Å²) in [6, 6.07) is 17.1. The lowest BCUT2D eigenvalue weighted by molar-refractivity contribution is 0.0516. The predicted octanol–water partition coefficient (Wildman–Crippen LogP) is 4.06. The van der Waals surface area contributed by atoms with E-state index < -0.39 is 6.10 Å². The van der Waals surface area contributed by atoms with Gasteiger partial charge in [-0.05, 0) is 74.6 Å². The van der Waals surface area contributed by atoms with E-state index in [0.717, 1.165) is 53.6 Å². The third-order valence-corrected chi connectivity index (χ3v) is 9.06. The largest absolute Gasteiger partial charge is 0.490 e. The van der Waals surface area contributed by atoms with Crippen LogP contribution in [0.2, 0.25) is 0 Å². The maximum absolute atomic E-state index is 13.4. The van der Waals surface area contributed by atoms with Gasteiger partial charge in [0.15, 0.2) is 0 Å². The minimum atomic E-state index is -0.856. The van der Waals surface area contributed by atoms with Crippen LogP contribution in [0.4, 0.5) is 11.4 Å². The van der Waals surface area contributed by atoms with Crippen LogP contribution in [0.1, 0.15) is 50.2 Å². The Balaban J connectivity index is 1.07. The molecule has 10 heteroatoms. The third-order valence-electron chi connectivity index (χ3n) is 9.06. The molecule has 7 rings (SSSR count). The van der Waals surface area contributed by atoms with Crippen LogP contribution in [0.15, 0.2) is 70.6 Å². The number of fused-ring (bicyclic) bond motifs is 3. The van der Waals surface area contributed by atoms with Crippen LogP contribution in [0.3, 0.4) is 0 Å². The van der Waals surface area contributed by atoms with Gasteiger partial charge in [0.05, 0.1) is 33.8 Å². The summed E-state index contributed by atoms with van der Waals surface area (Å²) < 4.78 is 6.06. The highest BCUT2D eigenvalue weighted by Crippen LogP contribution is 2.37. The van der Waals surface area contributed by atoms with Crippen LogP contribution in [-0.4, -0.2) is 82.9 Å². The minimum absolute atomic E-state index is 0.0644. The molecule has 0 aliphatic carbocycles. The summed E-state index contributed by atoms with van der Waals surface area (Å²) in [4.78, 5) is 50.9. The Morgan fingerprint density at radius 1 is 1.04 bits per heavy atom. The van der Waals surface area contributed by atoms with Crippen LogP contribution in [0.5, 0.6) is 5.75 Å². The number of rotatable bonds is 8. The number of carbonyl (C=O) groups is 2. The number of aromatic nitrogens is 1. The third kappa shape index (κ3) is 5.30. The average molecular weight is 606 g/mol. The van der Waals surface area contributed by atoms with Gasteiger partial charge in [0.2, 0.25) is 0 Å². The van der Waals surface area contributed by atoms with E-state index >= 15 is 0 Å².